The molecule has 0 aliphatic heterocycles. The number of rotatable bonds is 8. The third-order valence-corrected chi connectivity index (χ3v) is 3.79. The molecule has 0 saturated heterocycles. The van der Waals surface area contributed by atoms with Crippen molar-refractivity contribution in [3.63, 3.8) is 0 Å². The lowest BCUT2D eigenvalue weighted by molar-refractivity contribution is -0.122. The highest BCUT2D eigenvalue weighted by atomic mass is 16.5. The molecule has 1 amide bonds. The van der Waals surface area contributed by atoms with E-state index in [2.05, 4.69) is 15.5 Å². The number of amides is 1. The standard InChI is InChI=1S/C20H21N3O3/c1-15-22-23-20(26-15)19(16-9-4-2-5-10-16)21-18(24)13-8-14-25-17-11-6-3-7-12-17/h2-7,9-12,19H,8,13-14H2,1H3,(H,21,24). The molecule has 6 nitrogen and oxygen atoms in total. The van der Waals surface area contributed by atoms with E-state index in [1.807, 2.05) is 60.7 Å². The summed E-state index contributed by atoms with van der Waals surface area (Å²) < 4.78 is 11.1. The van der Waals surface area contributed by atoms with Crippen LogP contribution in [-0.4, -0.2) is 22.7 Å². The number of nitrogens with zero attached hydrogens (tertiary/aromatic N) is 2. The van der Waals surface area contributed by atoms with Gasteiger partial charge in [-0.25, -0.2) is 0 Å². The molecule has 1 N–H and O–H groups in total. The van der Waals surface area contributed by atoms with Crippen LogP contribution in [0, 0.1) is 6.92 Å². The summed E-state index contributed by atoms with van der Waals surface area (Å²) in [4.78, 5) is 12.4. The molecular weight excluding hydrogens is 330 g/mol. The van der Waals surface area contributed by atoms with Gasteiger partial charge in [-0.1, -0.05) is 48.5 Å². The van der Waals surface area contributed by atoms with Crippen molar-refractivity contribution < 1.29 is 13.9 Å². The van der Waals surface area contributed by atoms with Crippen LogP contribution in [0.5, 0.6) is 5.75 Å². The van der Waals surface area contributed by atoms with Gasteiger partial charge in [0.25, 0.3) is 0 Å². The van der Waals surface area contributed by atoms with E-state index < -0.39 is 6.04 Å². The van der Waals surface area contributed by atoms with Gasteiger partial charge in [0, 0.05) is 13.3 Å². The minimum Gasteiger partial charge on any atom is -0.494 e. The first-order valence-corrected chi connectivity index (χ1v) is 8.54. The van der Waals surface area contributed by atoms with Crippen LogP contribution in [0.1, 0.15) is 36.2 Å². The Morgan fingerprint density at radius 2 is 1.77 bits per heavy atom. The molecule has 1 unspecified atom stereocenters. The average molecular weight is 351 g/mol. The maximum atomic E-state index is 12.4. The zero-order chi connectivity index (χ0) is 18.2. The fourth-order valence-corrected chi connectivity index (χ4v) is 2.53. The number of nitrogens with one attached hydrogen (secondary N) is 1. The minimum absolute atomic E-state index is 0.0913. The minimum atomic E-state index is -0.458. The summed E-state index contributed by atoms with van der Waals surface area (Å²) in [7, 11) is 0. The number of hydrogen-bond donors (Lipinski definition) is 1. The van der Waals surface area contributed by atoms with Gasteiger partial charge in [0.05, 0.1) is 6.61 Å². The third-order valence-electron chi connectivity index (χ3n) is 3.79. The number of para-hydroxylation sites is 1. The molecule has 0 aliphatic rings. The van der Waals surface area contributed by atoms with Crippen molar-refractivity contribution in [3.8, 4) is 5.75 Å². The van der Waals surface area contributed by atoms with E-state index in [0.29, 0.717) is 31.2 Å². The Morgan fingerprint density at radius 1 is 1.08 bits per heavy atom. The maximum Gasteiger partial charge on any atom is 0.243 e. The first-order valence-electron chi connectivity index (χ1n) is 8.54. The molecule has 0 fully saturated rings. The lowest BCUT2D eigenvalue weighted by Gasteiger charge is -2.15. The van der Waals surface area contributed by atoms with Gasteiger partial charge >= 0.3 is 0 Å². The van der Waals surface area contributed by atoms with E-state index in [9.17, 15) is 4.79 Å². The highest BCUT2D eigenvalue weighted by molar-refractivity contribution is 5.76. The molecular formula is C20H21N3O3. The second kappa shape index (κ2) is 8.80. The van der Waals surface area contributed by atoms with E-state index in [0.717, 1.165) is 11.3 Å². The smallest absolute Gasteiger partial charge is 0.243 e. The van der Waals surface area contributed by atoms with Crippen molar-refractivity contribution in [3.05, 3.63) is 78.0 Å². The van der Waals surface area contributed by atoms with E-state index >= 15 is 0 Å². The van der Waals surface area contributed by atoms with Crippen LogP contribution in [0.4, 0.5) is 0 Å². The van der Waals surface area contributed by atoms with E-state index in [1.165, 1.54) is 0 Å². The quantitative estimate of drug-likeness (QED) is 0.629. The summed E-state index contributed by atoms with van der Waals surface area (Å²) in [5, 5.41) is 10.9. The Bertz CT molecular complexity index is 819. The Balaban J connectivity index is 1.55. The lowest BCUT2D eigenvalue weighted by Crippen LogP contribution is -2.29. The summed E-state index contributed by atoms with van der Waals surface area (Å²) in [5.74, 6) is 1.55. The second-order valence-electron chi connectivity index (χ2n) is 5.84. The number of carbonyl (C=O) groups is 1. The SMILES string of the molecule is Cc1nnc(C(NC(=O)CCCOc2ccccc2)c2ccccc2)o1. The Kier molecular flexibility index (Phi) is 5.98. The molecule has 0 radical (unpaired) electrons. The molecule has 0 aliphatic carbocycles. The zero-order valence-corrected chi connectivity index (χ0v) is 14.6. The molecule has 0 spiro atoms. The van der Waals surface area contributed by atoms with Gasteiger partial charge < -0.3 is 14.5 Å². The summed E-state index contributed by atoms with van der Waals surface area (Å²) >= 11 is 0. The third kappa shape index (κ3) is 4.92. The van der Waals surface area contributed by atoms with Crippen molar-refractivity contribution in [2.24, 2.45) is 0 Å². The van der Waals surface area contributed by atoms with Gasteiger partial charge in [0.2, 0.25) is 17.7 Å². The summed E-state index contributed by atoms with van der Waals surface area (Å²) in [6.45, 7) is 2.20. The van der Waals surface area contributed by atoms with Crippen LogP contribution >= 0.6 is 0 Å². The van der Waals surface area contributed by atoms with Crippen LogP contribution in [0.15, 0.2) is 65.1 Å². The van der Waals surface area contributed by atoms with E-state index in [-0.39, 0.29) is 5.91 Å². The van der Waals surface area contributed by atoms with Crippen LogP contribution in [0.3, 0.4) is 0 Å². The normalized spacial score (nSPS) is 11.7. The molecule has 3 aromatic rings. The van der Waals surface area contributed by atoms with Crippen LogP contribution in [-0.2, 0) is 4.79 Å². The van der Waals surface area contributed by atoms with Crippen LogP contribution < -0.4 is 10.1 Å². The van der Waals surface area contributed by atoms with Crippen molar-refractivity contribution in [2.45, 2.75) is 25.8 Å². The molecule has 0 bridgehead atoms. The number of ether oxygens (including phenoxy) is 1. The molecule has 2 aromatic carbocycles. The fourth-order valence-electron chi connectivity index (χ4n) is 2.53. The van der Waals surface area contributed by atoms with E-state index in [1.54, 1.807) is 6.92 Å². The summed E-state index contributed by atoms with van der Waals surface area (Å²) in [6, 6.07) is 18.7. The summed E-state index contributed by atoms with van der Waals surface area (Å²) in [6.07, 6.45) is 0.967. The molecule has 1 atom stereocenters. The van der Waals surface area contributed by atoms with Crippen molar-refractivity contribution in [1.82, 2.24) is 15.5 Å². The number of carbonyl (C=O) groups excluding carboxylic acids is 1. The summed E-state index contributed by atoms with van der Waals surface area (Å²) in [5.41, 5.74) is 0.894. The molecule has 1 heterocycles. The molecule has 1 aromatic heterocycles. The predicted molar refractivity (Wildman–Crippen MR) is 96.6 cm³/mol. The Hall–Kier alpha value is -3.15. The maximum absolute atomic E-state index is 12.4. The van der Waals surface area contributed by atoms with E-state index in [4.69, 9.17) is 9.15 Å². The van der Waals surface area contributed by atoms with Gasteiger partial charge in [-0.2, -0.15) is 0 Å². The topological polar surface area (TPSA) is 77.2 Å². The first-order chi connectivity index (χ1) is 12.7. The first kappa shape index (κ1) is 17.7. The predicted octanol–water partition coefficient (Wildman–Crippen LogP) is 3.44. The molecule has 26 heavy (non-hydrogen) atoms. The lowest BCUT2D eigenvalue weighted by atomic mass is 10.1. The number of benzene rings is 2. The number of aromatic nitrogens is 2. The van der Waals surface area contributed by atoms with Gasteiger partial charge in [0.15, 0.2) is 0 Å². The molecule has 134 valence electrons. The monoisotopic (exact) mass is 351 g/mol. The fraction of sp³-hybridized carbons (Fsp3) is 0.250. The molecule has 0 saturated carbocycles. The molecule has 6 heteroatoms. The Labute approximate surface area is 152 Å². The van der Waals surface area contributed by atoms with Gasteiger partial charge in [-0.15, -0.1) is 10.2 Å². The average Bonchev–Trinajstić information content (AvgIpc) is 3.11. The van der Waals surface area contributed by atoms with Gasteiger partial charge in [-0.3, -0.25) is 4.79 Å². The van der Waals surface area contributed by atoms with Crippen molar-refractivity contribution in [1.29, 1.82) is 0 Å². The number of aryl methyl sites for hydroxylation is 1. The second-order valence-corrected chi connectivity index (χ2v) is 5.84. The highest BCUT2D eigenvalue weighted by Crippen LogP contribution is 2.21. The Morgan fingerprint density at radius 3 is 2.42 bits per heavy atom. The molecule has 3 rings (SSSR count). The van der Waals surface area contributed by atoms with Crippen LogP contribution in [0.2, 0.25) is 0 Å². The van der Waals surface area contributed by atoms with Gasteiger partial charge in [-0.05, 0) is 24.1 Å². The van der Waals surface area contributed by atoms with Crippen LogP contribution in [0.25, 0.3) is 0 Å². The van der Waals surface area contributed by atoms with Crippen molar-refractivity contribution in [2.75, 3.05) is 6.61 Å². The zero-order valence-electron chi connectivity index (χ0n) is 14.6. The number of hydrogen-bond acceptors (Lipinski definition) is 5. The largest absolute Gasteiger partial charge is 0.494 e. The highest BCUT2D eigenvalue weighted by Gasteiger charge is 2.22. The van der Waals surface area contributed by atoms with Crippen molar-refractivity contribution >= 4 is 5.91 Å². The van der Waals surface area contributed by atoms with Gasteiger partial charge in [0.1, 0.15) is 11.8 Å².